The molecule has 0 aliphatic heterocycles. The van der Waals surface area contributed by atoms with E-state index < -0.39 is 0 Å². The normalized spacial score (nSPS) is 10.7. The standard InChI is InChI=1S/C15H25ClN2O3/c1-3-8-21-15-12(9-13(16)10-14(15)20-2)11-18-5-4-17-6-7-19/h9-10,17-19H,3-8,11H2,1-2H3. The van der Waals surface area contributed by atoms with E-state index in [-0.39, 0.29) is 6.61 Å². The summed E-state index contributed by atoms with van der Waals surface area (Å²) in [6, 6.07) is 3.65. The van der Waals surface area contributed by atoms with Gasteiger partial charge in [0.15, 0.2) is 11.5 Å². The smallest absolute Gasteiger partial charge is 0.165 e. The van der Waals surface area contributed by atoms with Gasteiger partial charge in [0.1, 0.15) is 0 Å². The van der Waals surface area contributed by atoms with E-state index in [1.54, 1.807) is 13.2 Å². The molecule has 1 aromatic carbocycles. The van der Waals surface area contributed by atoms with Gasteiger partial charge in [0.25, 0.3) is 0 Å². The van der Waals surface area contributed by atoms with Crippen molar-refractivity contribution >= 4 is 11.6 Å². The highest BCUT2D eigenvalue weighted by Gasteiger charge is 2.12. The Hall–Kier alpha value is -1.01. The summed E-state index contributed by atoms with van der Waals surface area (Å²) in [6.45, 7) is 5.70. The highest BCUT2D eigenvalue weighted by atomic mass is 35.5. The number of ether oxygens (including phenoxy) is 2. The van der Waals surface area contributed by atoms with Gasteiger partial charge in [-0.05, 0) is 12.5 Å². The average Bonchev–Trinajstić information content (AvgIpc) is 2.49. The van der Waals surface area contributed by atoms with Crippen LogP contribution in [0.3, 0.4) is 0 Å². The zero-order valence-electron chi connectivity index (χ0n) is 12.7. The average molecular weight is 317 g/mol. The summed E-state index contributed by atoms with van der Waals surface area (Å²) in [6.07, 6.45) is 0.934. The number of nitrogens with one attached hydrogen (secondary N) is 2. The van der Waals surface area contributed by atoms with E-state index in [2.05, 4.69) is 17.6 Å². The first kappa shape index (κ1) is 18.0. The lowest BCUT2D eigenvalue weighted by Gasteiger charge is -2.16. The zero-order valence-corrected chi connectivity index (χ0v) is 13.5. The van der Waals surface area contributed by atoms with E-state index in [9.17, 15) is 0 Å². The number of rotatable bonds is 11. The highest BCUT2D eigenvalue weighted by molar-refractivity contribution is 6.30. The van der Waals surface area contributed by atoms with Crippen molar-refractivity contribution in [1.29, 1.82) is 0 Å². The lowest BCUT2D eigenvalue weighted by atomic mass is 10.1. The van der Waals surface area contributed by atoms with Gasteiger partial charge in [-0.2, -0.15) is 0 Å². The summed E-state index contributed by atoms with van der Waals surface area (Å²) >= 11 is 6.11. The van der Waals surface area contributed by atoms with Crippen LogP contribution >= 0.6 is 11.6 Å². The van der Waals surface area contributed by atoms with Crippen molar-refractivity contribution in [2.24, 2.45) is 0 Å². The summed E-state index contributed by atoms with van der Waals surface area (Å²) in [7, 11) is 1.61. The molecule has 0 radical (unpaired) electrons. The molecule has 6 heteroatoms. The Bertz CT molecular complexity index is 416. The molecule has 0 fully saturated rings. The fourth-order valence-corrected chi connectivity index (χ4v) is 2.11. The van der Waals surface area contributed by atoms with E-state index in [1.807, 2.05) is 6.07 Å². The molecule has 120 valence electrons. The molecule has 21 heavy (non-hydrogen) atoms. The van der Waals surface area contributed by atoms with Crippen molar-refractivity contribution in [3.63, 3.8) is 0 Å². The number of hydrogen-bond donors (Lipinski definition) is 3. The fraction of sp³-hybridized carbons (Fsp3) is 0.600. The topological polar surface area (TPSA) is 62.8 Å². The predicted molar refractivity (Wildman–Crippen MR) is 85.5 cm³/mol. The summed E-state index contributed by atoms with van der Waals surface area (Å²) in [5.41, 5.74) is 0.981. The first-order chi connectivity index (χ1) is 10.2. The van der Waals surface area contributed by atoms with E-state index in [4.69, 9.17) is 26.2 Å². The van der Waals surface area contributed by atoms with E-state index in [0.717, 1.165) is 30.8 Å². The molecule has 0 amide bonds. The molecule has 0 spiro atoms. The molecular formula is C15H25ClN2O3. The molecule has 0 aliphatic carbocycles. The van der Waals surface area contributed by atoms with Crippen molar-refractivity contribution in [2.45, 2.75) is 19.9 Å². The Morgan fingerprint density at radius 1 is 1.19 bits per heavy atom. The van der Waals surface area contributed by atoms with Crippen LogP contribution < -0.4 is 20.1 Å². The largest absolute Gasteiger partial charge is 0.493 e. The molecule has 1 aromatic rings. The molecular weight excluding hydrogens is 292 g/mol. The third kappa shape index (κ3) is 6.52. The highest BCUT2D eigenvalue weighted by Crippen LogP contribution is 2.34. The Labute approximate surface area is 131 Å². The number of aliphatic hydroxyl groups is 1. The summed E-state index contributed by atoms with van der Waals surface area (Å²) in [4.78, 5) is 0. The quantitative estimate of drug-likeness (QED) is 0.544. The van der Waals surface area contributed by atoms with Gasteiger partial charge in [-0.1, -0.05) is 18.5 Å². The van der Waals surface area contributed by atoms with Gasteiger partial charge in [-0.25, -0.2) is 0 Å². The molecule has 0 saturated heterocycles. The molecule has 0 atom stereocenters. The van der Waals surface area contributed by atoms with Crippen LogP contribution in [-0.4, -0.2) is 45.1 Å². The first-order valence-electron chi connectivity index (χ1n) is 7.24. The number of aliphatic hydroxyl groups excluding tert-OH is 1. The van der Waals surface area contributed by atoms with E-state index in [0.29, 0.717) is 30.5 Å². The summed E-state index contributed by atoms with van der Waals surface area (Å²) in [5.74, 6) is 1.41. The van der Waals surface area contributed by atoms with Crippen LogP contribution in [-0.2, 0) is 6.54 Å². The van der Waals surface area contributed by atoms with Crippen LogP contribution in [0.15, 0.2) is 12.1 Å². The SMILES string of the molecule is CCCOc1c(CNCCNCCO)cc(Cl)cc1OC. The van der Waals surface area contributed by atoms with Crippen LogP contribution in [0.1, 0.15) is 18.9 Å². The summed E-state index contributed by atoms with van der Waals surface area (Å²) in [5, 5.41) is 15.7. The molecule has 0 aliphatic rings. The third-order valence-electron chi connectivity index (χ3n) is 2.85. The van der Waals surface area contributed by atoms with Crippen molar-refractivity contribution in [2.75, 3.05) is 40.0 Å². The van der Waals surface area contributed by atoms with Crippen LogP contribution in [0.25, 0.3) is 0 Å². The maximum absolute atomic E-state index is 8.68. The Morgan fingerprint density at radius 3 is 2.62 bits per heavy atom. The molecule has 0 aromatic heterocycles. The molecule has 3 N–H and O–H groups in total. The van der Waals surface area contributed by atoms with Crippen molar-refractivity contribution in [3.8, 4) is 11.5 Å². The van der Waals surface area contributed by atoms with Crippen LogP contribution in [0.2, 0.25) is 5.02 Å². The lowest BCUT2D eigenvalue weighted by molar-refractivity contribution is 0.289. The molecule has 0 saturated carbocycles. The second-order valence-corrected chi connectivity index (χ2v) is 5.03. The maximum Gasteiger partial charge on any atom is 0.165 e. The van der Waals surface area contributed by atoms with Crippen LogP contribution in [0.4, 0.5) is 0 Å². The van der Waals surface area contributed by atoms with Crippen molar-refractivity contribution < 1.29 is 14.6 Å². The van der Waals surface area contributed by atoms with Gasteiger partial charge in [0.2, 0.25) is 0 Å². The lowest BCUT2D eigenvalue weighted by Crippen LogP contribution is -2.29. The maximum atomic E-state index is 8.68. The number of halogens is 1. The van der Waals surface area contributed by atoms with Gasteiger partial charge >= 0.3 is 0 Å². The van der Waals surface area contributed by atoms with E-state index >= 15 is 0 Å². The molecule has 1 rings (SSSR count). The number of methoxy groups -OCH3 is 1. The van der Waals surface area contributed by atoms with Crippen molar-refractivity contribution in [1.82, 2.24) is 10.6 Å². The monoisotopic (exact) mass is 316 g/mol. The van der Waals surface area contributed by atoms with Gasteiger partial charge in [0, 0.05) is 42.8 Å². The molecule has 0 bridgehead atoms. The van der Waals surface area contributed by atoms with Gasteiger partial charge in [0.05, 0.1) is 20.3 Å². The minimum Gasteiger partial charge on any atom is -0.493 e. The second-order valence-electron chi connectivity index (χ2n) is 4.60. The molecule has 0 heterocycles. The van der Waals surface area contributed by atoms with Crippen molar-refractivity contribution in [3.05, 3.63) is 22.7 Å². The number of hydrogen-bond acceptors (Lipinski definition) is 5. The van der Waals surface area contributed by atoms with Crippen LogP contribution in [0.5, 0.6) is 11.5 Å². The predicted octanol–water partition coefficient (Wildman–Crippen LogP) is 1.81. The minimum atomic E-state index is 0.153. The Balaban J connectivity index is 2.63. The van der Waals surface area contributed by atoms with Gasteiger partial charge < -0.3 is 25.2 Å². The van der Waals surface area contributed by atoms with E-state index in [1.165, 1.54) is 0 Å². The van der Waals surface area contributed by atoms with Gasteiger partial charge in [-0.3, -0.25) is 0 Å². The summed E-state index contributed by atoms with van der Waals surface area (Å²) < 4.78 is 11.1. The Morgan fingerprint density at radius 2 is 1.95 bits per heavy atom. The fourth-order valence-electron chi connectivity index (χ4n) is 1.88. The second kappa shape index (κ2) is 10.7. The molecule has 5 nitrogen and oxygen atoms in total. The minimum absolute atomic E-state index is 0.153. The molecule has 0 unspecified atom stereocenters. The van der Waals surface area contributed by atoms with Gasteiger partial charge in [-0.15, -0.1) is 0 Å². The Kier molecular flexibility index (Phi) is 9.17. The number of benzene rings is 1. The zero-order chi connectivity index (χ0) is 15.5. The van der Waals surface area contributed by atoms with Crippen LogP contribution in [0, 0.1) is 0 Å². The first-order valence-corrected chi connectivity index (χ1v) is 7.62. The third-order valence-corrected chi connectivity index (χ3v) is 3.07.